The first kappa shape index (κ1) is 13.7. The Morgan fingerprint density at radius 3 is 2.79 bits per heavy atom. The zero-order valence-electron chi connectivity index (χ0n) is 12.1. The summed E-state index contributed by atoms with van der Waals surface area (Å²) in [7, 11) is 0. The molecule has 1 aromatic carbocycles. The van der Waals surface area contributed by atoms with Crippen LogP contribution in [-0.2, 0) is 11.2 Å². The van der Waals surface area contributed by atoms with Gasteiger partial charge in [0.15, 0.2) is 0 Å². The van der Waals surface area contributed by atoms with Crippen LogP contribution in [0.5, 0.6) is 0 Å². The van der Waals surface area contributed by atoms with Crippen LogP contribution in [0.4, 0.5) is 16.2 Å². The lowest BCUT2D eigenvalue weighted by atomic mass is 10.1. The van der Waals surface area contributed by atoms with Gasteiger partial charge in [0.05, 0.1) is 11.4 Å². The number of carbonyl (C=O) groups is 1. The van der Waals surface area contributed by atoms with E-state index >= 15 is 0 Å². The summed E-state index contributed by atoms with van der Waals surface area (Å²) in [5.74, 6) is 0. The van der Waals surface area contributed by atoms with Crippen LogP contribution in [0.3, 0.4) is 0 Å². The Balaban J connectivity index is 2.30. The van der Waals surface area contributed by atoms with Gasteiger partial charge in [-0.25, -0.2) is 4.79 Å². The summed E-state index contributed by atoms with van der Waals surface area (Å²) in [6.45, 7) is 9.16. The molecular formula is C15H22N2O2. The van der Waals surface area contributed by atoms with Gasteiger partial charge in [0.2, 0.25) is 0 Å². The number of nitrogens with one attached hydrogen (secondary N) is 1. The molecule has 0 saturated carbocycles. The fraction of sp³-hybridized carbons (Fsp3) is 0.533. The van der Waals surface area contributed by atoms with E-state index < -0.39 is 5.60 Å². The highest BCUT2D eigenvalue weighted by Gasteiger charge is 2.27. The highest BCUT2D eigenvalue weighted by molar-refractivity contribution is 5.94. The second-order valence-electron chi connectivity index (χ2n) is 5.72. The Morgan fingerprint density at radius 1 is 1.42 bits per heavy atom. The van der Waals surface area contributed by atoms with Gasteiger partial charge < -0.3 is 10.1 Å². The minimum Gasteiger partial charge on any atom is -0.443 e. The van der Waals surface area contributed by atoms with Gasteiger partial charge in [0.1, 0.15) is 5.60 Å². The molecule has 104 valence electrons. The Kier molecular flexibility index (Phi) is 3.69. The van der Waals surface area contributed by atoms with Crippen molar-refractivity contribution in [3.63, 3.8) is 0 Å². The minimum atomic E-state index is -0.468. The summed E-state index contributed by atoms with van der Waals surface area (Å²) in [6.07, 6.45) is 0.668. The molecule has 1 aliphatic rings. The number of fused-ring (bicyclic) bond motifs is 1. The van der Waals surface area contributed by atoms with Crippen molar-refractivity contribution in [2.45, 2.75) is 39.7 Å². The summed E-state index contributed by atoms with van der Waals surface area (Å²) in [5.41, 5.74) is 2.73. The fourth-order valence-electron chi connectivity index (χ4n) is 2.23. The molecule has 1 amide bonds. The summed E-state index contributed by atoms with van der Waals surface area (Å²) in [6, 6.07) is 6.04. The van der Waals surface area contributed by atoms with Crippen molar-refractivity contribution in [2.75, 3.05) is 23.3 Å². The molecule has 4 heteroatoms. The smallest absolute Gasteiger partial charge is 0.414 e. The SMILES string of the molecule is CCc1cccc2c1NCCN2C(=O)OC(C)(C)C. The molecule has 0 fully saturated rings. The number of ether oxygens (including phenoxy) is 1. The number of carbonyl (C=O) groups excluding carboxylic acids is 1. The van der Waals surface area contributed by atoms with Crippen molar-refractivity contribution in [3.8, 4) is 0 Å². The number of nitrogens with zero attached hydrogens (tertiary/aromatic N) is 1. The topological polar surface area (TPSA) is 41.6 Å². The van der Waals surface area contributed by atoms with E-state index in [0.29, 0.717) is 6.54 Å². The van der Waals surface area contributed by atoms with E-state index in [1.54, 1.807) is 4.90 Å². The molecule has 0 atom stereocenters. The summed E-state index contributed by atoms with van der Waals surface area (Å²) < 4.78 is 5.47. The average Bonchev–Trinajstić information content (AvgIpc) is 2.35. The van der Waals surface area contributed by atoms with Gasteiger partial charge in [0.25, 0.3) is 0 Å². The molecule has 0 aromatic heterocycles. The Bertz CT molecular complexity index is 478. The van der Waals surface area contributed by atoms with Crippen molar-refractivity contribution in [2.24, 2.45) is 0 Å². The molecule has 0 saturated heterocycles. The first-order valence-corrected chi connectivity index (χ1v) is 6.78. The van der Waals surface area contributed by atoms with E-state index in [1.165, 1.54) is 5.56 Å². The van der Waals surface area contributed by atoms with Crippen LogP contribution in [0.25, 0.3) is 0 Å². The number of rotatable bonds is 1. The normalized spacial score (nSPS) is 14.6. The maximum atomic E-state index is 12.3. The predicted octanol–water partition coefficient (Wildman–Crippen LogP) is 3.42. The molecule has 0 spiro atoms. The summed E-state index contributed by atoms with van der Waals surface area (Å²) in [4.78, 5) is 14.0. The zero-order chi connectivity index (χ0) is 14.0. The number of benzene rings is 1. The van der Waals surface area contributed by atoms with Crippen LogP contribution in [-0.4, -0.2) is 24.8 Å². The highest BCUT2D eigenvalue weighted by atomic mass is 16.6. The molecule has 19 heavy (non-hydrogen) atoms. The maximum Gasteiger partial charge on any atom is 0.414 e. The van der Waals surface area contributed by atoms with Crippen LogP contribution in [0.1, 0.15) is 33.3 Å². The van der Waals surface area contributed by atoms with E-state index in [1.807, 2.05) is 32.9 Å². The van der Waals surface area contributed by atoms with E-state index in [0.717, 1.165) is 24.3 Å². The third-order valence-corrected chi connectivity index (χ3v) is 3.05. The number of amides is 1. The van der Waals surface area contributed by atoms with Crippen molar-refractivity contribution < 1.29 is 9.53 Å². The van der Waals surface area contributed by atoms with Crippen LogP contribution in [0, 0.1) is 0 Å². The molecule has 1 N–H and O–H groups in total. The first-order chi connectivity index (χ1) is 8.92. The van der Waals surface area contributed by atoms with Crippen molar-refractivity contribution in [1.82, 2.24) is 0 Å². The number of anilines is 2. The van der Waals surface area contributed by atoms with Gasteiger partial charge in [-0.05, 0) is 38.8 Å². The number of hydrogen-bond acceptors (Lipinski definition) is 3. The highest BCUT2D eigenvalue weighted by Crippen LogP contribution is 2.33. The molecular weight excluding hydrogens is 240 g/mol. The van der Waals surface area contributed by atoms with Crippen LogP contribution >= 0.6 is 0 Å². The maximum absolute atomic E-state index is 12.3. The van der Waals surface area contributed by atoms with Crippen molar-refractivity contribution >= 4 is 17.5 Å². The second-order valence-corrected chi connectivity index (χ2v) is 5.72. The molecule has 0 bridgehead atoms. The first-order valence-electron chi connectivity index (χ1n) is 6.78. The van der Waals surface area contributed by atoms with Crippen molar-refractivity contribution in [1.29, 1.82) is 0 Å². The fourth-order valence-corrected chi connectivity index (χ4v) is 2.23. The van der Waals surface area contributed by atoms with Gasteiger partial charge in [-0.15, -0.1) is 0 Å². The Hall–Kier alpha value is -1.71. The number of para-hydroxylation sites is 1. The molecule has 4 nitrogen and oxygen atoms in total. The lowest BCUT2D eigenvalue weighted by molar-refractivity contribution is 0.0581. The number of aryl methyl sites for hydroxylation is 1. The Morgan fingerprint density at radius 2 is 2.16 bits per heavy atom. The van der Waals surface area contributed by atoms with Crippen molar-refractivity contribution in [3.05, 3.63) is 23.8 Å². The molecule has 1 aromatic rings. The predicted molar refractivity (Wildman–Crippen MR) is 77.9 cm³/mol. The lowest BCUT2D eigenvalue weighted by Crippen LogP contribution is -2.42. The van der Waals surface area contributed by atoms with E-state index in [9.17, 15) is 4.79 Å². The van der Waals surface area contributed by atoms with Crippen LogP contribution in [0.2, 0.25) is 0 Å². The van der Waals surface area contributed by atoms with E-state index in [2.05, 4.69) is 18.3 Å². The van der Waals surface area contributed by atoms with E-state index in [-0.39, 0.29) is 6.09 Å². The second kappa shape index (κ2) is 5.11. The molecule has 0 radical (unpaired) electrons. The molecule has 2 rings (SSSR count). The van der Waals surface area contributed by atoms with Gasteiger partial charge in [0, 0.05) is 13.1 Å². The molecule has 1 aliphatic heterocycles. The van der Waals surface area contributed by atoms with Crippen LogP contribution < -0.4 is 10.2 Å². The monoisotopic (exact) mass is 262 g/mol. The quantitative estimate of drug-likeness (QED) is 0.843. The van der Waals surface area contributed by atoms with Gasteiger partial charge in [-0.2, -0.15) is 0 Å². The zero-order valence-corrected chi connectivity index (χ0v) is 12.1. The minimum absolute atomic E-state index is 0.275. The van der Waals surface area contributed by atoms with Gasteiger partial charge in [-0.3, -0.25) is 4.90 Å². The van der Waals surface area contributed by atoms with E-state index in [4.69, 9.17) is 4.74 Å². The molecule has 0 aliphatic carbocycles. The standard InChI is InChI=1S/C15H22N2O2/c1-5-11-7-6-8-12-13(11)16-9-10-17(12)14(18)19-15(2,3)4/h6-8,16H,5,9-10H2,1-4H3. The third-order valence-electron chi connectivity index (χ3n) is 3.05. The summed E-state index contributed by atoms with van der Waals surface area (Å²) in [5, 5.41) is 3.38. The van der Waals surface area contributed by atoms with Crippen LogP contribution in [0.15, 0.2) is 18.2 Å². The Labute approximate surface area is 114 Å². The number of hydrogen-bond donors (Lipinski definition) is 1. The third kappa shape index (κ3) is 3.00. The largest absolute Gasteiger partial charge is 0.443 e. The lowest BCUT2D eigenvalue weighted by Gasteiger charge is -2.33. The average molecular weight is 262 g/mol. The van der Waals surface area contributed by atoms with Gasteiger partial charge in [-0.1, -0.05) is 19.1 Å². The molecule has 0 unspecified atom stereocenters. The molecule has 1 heterocycles. The van der Waals surface area contributed by atoms with Gasteiger partial charge >= 0.3 is 6.09 Å². The summed E-state index contributed by atoms with van der Waals surface area (Å²) >= 11 is 0.